The van der Waals surface area contributed by atoms with Gasteiger partial charge >= 0.3 is 0 Å². The van der Waals surface area contributed by atoms with Gasteiger partial charge in [0.1, 0.15) is 0 Å². The topological polar surface area (TPSA) is 38.0 Å². The molecule has 2 nitrogen and oxygen atoms in total. The van der Waals surface area contributed by atoms with Gasteiger partial charge in [-0.1, -0.05) is 12.2 Å². The first-order valence-corrected chi connectivity index (χ1v) is 4.72. The molecule has 2 heterocycles. The van der Waals surface area contributed by atoms with E-state index in [1.807, 2.05) is 0 Å². The fraction of sp³-hybridized carbons (Fsp3) is 0.875. The smallest absolute Gasteiger partial charge is 0.0759 e. The van der Waals surface area contributed by atoms with Gasteiger partial charge in [0.05, 0.1) is 4.99 Å². The van der Waals surface area contributed by atoms with Gasteiger partial charge in [-0.15, -0.1) is 0 Å². The zero-order chi connectivity index (χ0) is 7.84. The third kappa shape index (κ3) is 1.40. The molecule has 0 aromatic heterocycles. The molecule has 2 rings (SSSR count). The number of piperidine rings is 1. The molecule has 3 N–H and O–H groups in total. The van der Waals surface area contributed by atoms with E-state index in [1.54, 1.807) is 0 Å². The van der Waals surface area contributed by atoms with E-state index in [1.165, 1.54) is 25.7 Å². The molecule has 0 aromatic carbocycles. The Morgan fingerprint density at radius 1 is 1.27 bits per heavy atom. The molecule has 2 saturated heterocycles. The monoisotopic (exact) mass is 170 g/mol. The number of fused-ring (bicyclic) bond motifs is 2. The highest BCUT2D eigenvalue weighted by Gasteiger charge is 2.34. The molecule has 2 aliphatic rings. The predicted octanol–water partition coefficient (Wildman–Crippen LogP) is 0.803. The van der Waals surface area contributed by atoms with Crippen LogP contribution in [0, 0.1) is 5.92 Å². The second-order valence-electron chi connectivity index (χ2n) is 3.71. The van der Waals surface area contributed by atoms with Crippen LogP contribution in [0.4, 0.5) is 0 Å². The zero-order valence-corrected chi connectivity index (χ0v) is 7.36. The Hall–Kier alpha value is -0.150. The van der Waals surface area contributed by atoms with Crippen LogP contribution in [0.15, 0.2) is 0 Å². The molecule has 0 spiro atoms. The molecule has 0 aromatic rings. The second-order valence-corrected chi connectivity index (χ2v) is 4.18. The molecular formula is C8H14N2S. The third-order valence-corrected chi connectivity index (χ3v) is 3.21. The van der Waals surface area contributed by atoms with Crippen LogP contribution in [0.2, 0.25) is 0 Å². The van der Waals surface area contributed by atoms with Crippen LogP contribution in [0.5, 0.6) is 0 Å². The van der Waals surface area contributed by atoms with Gasteiger partial charge in [-0.05, 0) is 25.7 Å². The van der Waals surface area contributed by atoms with E-state index in [4.69, 9.17) is 18.0 Å². The van der Waals surface area contributed by atoms with E-state index in [0.29, 0.717) is 18.0 Å². The molecule has 2 atom stereocenters. The minimum Gasteiger partial charge on any atom is -0.393 e. The molecule has 0 saturated carbocycles. The lowest BCUT2D eigenvalue weighted by molar-refractivity contribution is 0.360. The second kappa shape index (κ2) is 2.72. The molecule has 2 unspecified atom stereocenters. The summed E-state index contributed by atoms with van der Waals surface area (Å²) in [4.78, 5) is 0.725. The summed E-state index contributed by atoms with van der Waals surface area (Å²) in [5.41, 5.74) is 5.62. The minimum absolute atomic E-state index is 0.517. The van der Waals surface area contributed by atoms with Gasteiger partial charge in [-0.3, -0.25) is 0 Å². The molecule has 0 aliphatic carbocycles. The van der Waals surface area contributed by atoms with Gasteiger partial charge < -0.3 is 11.1 Å². The minimum atomic E-state index is 0.517. The molecule has 0 radical (unpaired) electrons. The summed E-state index contributed by atoms with van der Waals surface area (Å²) in [5.74, 6) is 0.517. The van der Waals surface area contributed by atoms with E-state index in [9.17, 15) is 0 Å². The van der Waals surface area contributed by atoms with Crippen molar-refractivity contribution in [3.05, 3.63) is 0 Å². The van der Waals surface area contributed by atoms with E-state index >= 15 is 0 Å². The van der Waals surface area contributed by atoms with Crippen molar-refractivity contribution in [2.45, 2.75) is 37.8 Å². The van der Waals surface area contributed by atoms with Crippen LogP contribution in [-0.4, -0.2) is 17.1 Å². The van der Waals surface area contributed by atoms with Crippen molar-refractivity contribution in [1.29, 1.82) is 0 Å². The summed E-state index contributed by atoms with van der Waals surface area (Å²) in [5, 5.41) is 3.56. The Morgan fingerprint density at radius 3 is 2.27 bits per heavy atom. The van der Waals surface area contributed by atoms with Crippen molar-refractivity contribution in [3.63, 3.8) is 0 Å². The number of hydrogen-bond acceptors (Lipinski definition) is 2. The van der Waals surface area contributed by atoms with Gasteiger partial charge in [-0.25, -0.2) is 0 Å². The molecule has 2 bridgehead atoms. The normalized spacial score (nSPS) is 42.4. The average Bonchev–Trinajstić information content (AvgIpc) is 2.30. The number of nitrogens with two attached hydrogens (primary N) is 1. The summed E-state index contributed by atoms with van der Waals surface area (Å²) < 4.78 is 0. The Morgan fingerprint density at radius 2 is 1.82 bits per heavy atom. The molecule has 2 aliphatic heterocycles. The van der Waals surface area contributed by atoms with E-state index in [2.05, 4.69) is 5.32 Å². The van der Waals surface area contributed by atoms with Crippen molar-refractivity contribution in [2.75, 3.05) is 0 Å². The van der Waals surface area contributed by atoms with E-state index in [-0.39, 0.29) is 0 Å². The SMILES string of the molecule is NC(=S)C1CC2CCC(C1)N2. The first kappa shape index (κ1) is 7.50. The lowest BCUT2D eigenvalue weighted by Crippen LogP contribution is -2.41. The number of nitrogens with one attached hydrogen (secondary N) is 1. The van der Waals surface area contributed by atoms with E-state index < -0.39 is 0 Å². The molecule has 11 heavy (non-hydrogen) atoms. The van der Waals surface area contributed by atoms with Gasteiger partial charge in [0.2, 0.25) is 0 Å². The Balaban J connectivity index is 2.02. The Kier molecular flexibility index (Phi) is 1.85. The molecule has 0 amide bonds. The quantitative estimate of drug-likeness (QED) is 0.572. The maximum atomic E-state index is 5.62. The summed E-state index contributed by atoms with van der Waals surface area (Å²) in [6, 6.07) is 1.42. The predicted molar refractivity (Wildman–Crippen MR) is 49.5 cm³/mol. The van der Waals surface area contributed by atoms with Crippen LogP contribution in [-0.2, 0) is 0 Å². The summed E-state index contributed by atoms with van der Waals surface area (Å²) in [6.45, 7) is 0. The lowest BCUT2D eigenvalue weighted by Gasteiger charge is -2.28. The highest BCUT2D eigenvalue weighted by atomic mass is 32.1. The van der Waals surface area contributed by atoms with Crippen LogP contribution in [0.3, 0.4) is 0 Å². The number of hydrogen-bond donors (Lipinski definition) is 2. The molecular weight excluding hydrogens is 156 g/mol. The van der Waals surface area contributed by atoms with Crippen molar-refractivity contribution in [1.82, 2.24) is 5.32 Å². The number of rotatable bonds is 1. The zero-order valence-electron chi connectivity index (χ0n) is 6.55. The van der Waals surface area contributed by atoms with Gasteiger partial charge in [0.15, 0.2) is 0 Å². The summed E-state index contributed by atoms with van der Waals surface area (Å²) in [6.07, 6.45) is 4.99. The van der Waals surface area contributed by atoms with Crippen molar-refractivity contribution < 1.29 is 0 Å². The lowest BCUT2D eigenvalue weighted by atomic mass is 9.93. The molecule has 62 valence electrons. The van der Waals surface area contributed by atoms with E-state index in [0.717, 1.165) is 4.99 Å². The van der Waals surface area contributed by atoms with Crippen LogP contribution >= 0.6 is 12.2 Å². The highest BCUT2D eigenvalue weighted by molar-refractivity contribution is 7.80. The summed E-state index contributed by atoms with van der Waals surface area (Å²) in [7, 11) is 0. The van der Waals surface area contributed by atoms with Crippen LogP contribution in [0.1, 0.15) is 25.7 Å². The Bertz CT molecular complexity index is 169. The van der Waals surface area contributed by atoms with Gasteiger partial charge in [-0.2, -0.15) is 0 Å². The summed E-state index contributed by atoms with van der Waals surface area (Å²) >= 11 is 5.00. The maximum absolute atomic E-state index is 5.62. The van der Waals surface area contributed by atoms with Crippen LogP contribution < -0.4 is 11.1 Å². The standard InChI is InChI=1S/C8H14N2S/c9-8(11)5-3-6-1-2-7(4-5)10-6/h5-7,10H,1-4H2,(H2,9,11). The van der Waals surface area contributed by atoms with Crippen molar-refractivity contribution in [3.8, 4) is 0 Å². The largest absolute Gasteiger partial charge is 0.393 e. The Labute approximate surface area is 72.5 Å². The van der Waals surface area contributed by atoms with Crippen LogP contribution in [0.25, 0.3) is 0 Å². The third-order valence-electron chi connectivity index (χ3n) is 2.88. The van der Waals surface area contributed by atoms with Crippen molar-refractivity contribution in [2.24, 2.45) is 11.7 Å². The average molecular weight is 170 g/mol. The van der Waals surface area contributed by atoms with Gasteiger partial charge in [0.25, 0.3) is 0 Å². The maximum Gasteiger partial charge on any atom is 0.0759 e. The van der Waals surface area contributed by atoms with Crippen molar-refractivity contribution >= 4 is 17.2 Å². The number of thiocarbonyl (C=S) groups is 1. The molecule has 2 fully saturated rings. The molecule has 3 heteroatoms. The van der Waals surface area contributed by atoms with Gasteiger partial charge in [0, 0.05) is 18.0 Å². The highest BCUT2D eigenvalue weighted by Crippen LogP contribution is 2.30. The first-order chi connectivity index (χ1) is 5.25. The first-order valence-electron chi connectivity index (χ1n) is 4.31. The fourth-order valence-electron chi connectivity index (χ4n) is 2.29. The fourth-order valence-corrected chi connectivity index (χ4v) is 2.48.